The first-order valence-corrected chi connectivity index (χ1v) is 8.83. The number of hydrogen-bond acceptors (Lipinski definition) is 4. The fourth-order valence-electron chi connectivity index (χ4n) is 3.24. The van der Waals surface area contributed by atoms with Crippen LogP contribution in [0.2, 0.25) is 0 Å². The molecule has 0 aromatic heterocycles. The summed E-state index contributed by atoms with van der Waals surface area (Å²) >= 11 is 0. The highest BCUT2D eigenvalue weighted by molar-refractivity contribution is 5.51. The van der Waals surface area contributed by atoms with E-state index in [4.69, 9.17) is 4.74 Å². The Morgan fingerprint density at radius 2 is 1.70 bits per heavy atom. The minimum Gasteiger partial charge on any atom is -0.497 e. The zero-order chi connectivity index (χ0) is 19.4. The van der Waals surface area contributed by atoms with E-state index in [-0.39, 0.29) is 0 Å². The van der Waals surface area contributed by atoms with Crippen molar-refractivity contribution in [2.75, 3.05) is 44.7 Å². The van der Waals surface area contributed by atoms with E-state index in [1.54, 1.807) is 7.11 Å². The smallest absolute Gasteiger partial charge is 0.416 e. The molecule has 0 spiro atoms. The maximum Gasteiger partial charge on any atom is 0.416 e. The predicted octanol–water partition coefficient (Wildman–Crippen LogP) is 3.57. The van der Waals surface area contributed by atoms with Crippen LogP contribution >= 0.6 is 0 Å². The summed E-state index contributed by atoms with van der Waals surface area (Å²) in [5.74, 6) is 0.813. The molecule has 2 aromatic carbocycles. The first-order chi connectivity index (χ1) is 12.9. The number of nitrogens with zero attached hydrogens (tertiary/aromatic N) is 2. The molecule has 27 heavy (non-hydrogen) atoms. The Labute approximate surface area is 156 Å². The molecule has 1 aliphatic rings. The molecule has 0 radical (unpaired) electrons. The minimum atomic E-state index is -4.36. The quantitative estimate of drug-likeness (QED) is 0.860. The number of halogens is 3. The van der Waals surface area contributed by atoms with Gasteiger partial charge in [-0.25, -0.2) is 0 Å². The molecule has 146 valence electrons. The number of ether oxygens (including phenoxy) is 1. The molecule has 1 aliphatic heterocycles. The summed E-state index contributed by atoms with van der Waals surface area (Å²) in [7, 11) is 1.64. The number of benzene rings is 2. The Bertz CT molecular complexity index is 742. The highest BCUT2D eigenvalue weighted by Crippen LogP contribution is 2.30. The molecule has 0 aliphatic carbocycles. The molecule has 1 N–H and O–H groups in total. The normalized spacial score (nSPS) is 17.0. The number of hydrogen-bond donors (Lipinski definition) is 1. The molecular formula is C20H23F3N2O2. The second kappa shape index (κ2) is 8.19. The lowest BCUT2D eigenvalue weighted by Crippen LogP contribution is -2.47. The summed E-state index contributed by atoms with van der Waals surface area (Å²) < 4.78 is 43.2. The number of methoxy groups -OCH3 is 1. The van der Waals surface area contributed by atoms with Crippen LogP contribution in [0.4, 0.5) is 18.9 Å². The molecule has 1 heterocycles. The van der Waals surface area contributed by atoms with E-state index in [0.717, 1.165) is 49.7 Å². The molecule has 1 atom stereocenters. The highest BCUT2D eigenvalue weighted by atomic mass is 19.4. The van der Waals surface area contributed by atoms with Crippen LogP contribution in [-0.4, -0.2) is 49.8 Å². The van der Waals surface area contributed by atoms with Gasteiger partial charge in [-0.3, -0.25) is 4.90 Å². The highest BCUT2D eigenvalue weighted by Gasteiger charge is 2.30. The predicted molar refractivity (Wildman–Crippen MR) is 98.1 cm³/mol. The first-order valence-electron chi connectivity index (χ1n) is 8.83. The van der Waals surface area contributed by atoms with Crippen LogP contribution in [-0.2, 0) is 6.18 Å². The monoisotopic (exact) mass is 380 g/mol. The summed E-state index contributed by atoms with van der Waals surface area (Å²) in [4.78, 5) is 4.38. The summed E-state index contributed by atoms with van der Waals surface area (Å²) in [6.07, 6.45) is -5.17. The van der Waals surface area contributed by atoms with Crippen molar-refractivity contribution in [1.29, 1.82) is 0 Å². The Kier molecular flexibility index (Phi) is 5.92. The van der Waals surface area contributed by atoms with Gasteiger partial charge in [0.1, 0.15) is 5.75 Å². The van der Waals surface area contributed by atoms with Crippen molar-refractivity contribution in [3.05, 3.63) is 59.7 Å². The van der Waals surface area contributed by atoms with Gasteiger partial charge in [-0.1, -0.05) is 18.2 Å². The molecule has 0 bridgehead atoms. The van der Waals surface area contributed by atoms with Crippen LogP contribution in [0.15, 0.2) is 48.5 Å². The lowest BCUT2D eigenvalue weighted by atomic mass is 10.1. The van der Waals surface area contributed by atoms with E-state index in [2.05, 4.69) is 9.80 Å². The van der Waals surface area contributed by atoms with Crippen LogP contribution in [0.5, 0.6) is 5.75 Å². The third-order valence-electron chi connectivity index (χ3n) is 4.84. The average molecular weight is 380 g/mol. The van der Waals surface area contributed by atoms with Gasteiger partial charge in [-0.15, -0.1) is 0 Å². The largest absolute Gasteiger partial charge is 0.497 e. The van der Waals surface area contributed by atoms with Crippen molar-refractivity contribution in [3.63, 3.8) is 0 Å². The van der Waals surface area contributed by atoms with Gasteiger partial charge in [0.05, 0.1) is 18.8 Å². The molecule has 1 fully saturated rings. The van der Waals surface area contributed by atoms with E-state index >= 15 is 0 Å². The number of aliphatic hydroxyl groups is 1. The maximum absolute atomic E-state index is 12.6. The number of β-amino-alcohol motifs (C(OH)–C–C–N with tert-alkyl or cyclic N) is 1. The van der Waals surface area contributed by atoms with Gasteiger partial charge in [0.25, 0.3) is 0 Å². The van der Waals surface area contributed by atoms with Crippen molar-refractivity contribution >= 4 is 5.69 Å². The standard InChI is InChI=1S/C20H23F3N2O2/c1-27-18-4-2-3-17(13-18)25-11-9-24(10-12-25)14-19(26)15-5-7-16(8-6-15)20(21,22)23/h2-8,13,19,26H,9-12,14H2,1H3/t19-/m1/s1. The van der Waals surface area contributed by atoms with Crippen LogP contribution in [0.3, 0.4) is 0 Å². The summed E-state index contributed by atoms with van der Waals surface area (Å²) in [6.45, 7) is 3.57. The zero-order valence-corrected chi connectivity index (χ0v) is 15.1. The fraction of sp³-hybridized carbons (Fsp3) is 0.400. The number of aliphatic hydroxyl groups excluding tert-OH is 1. The van der Waals surface area contributed by atoms with E-state index in [1.165, 1.54) is 12.1 Å². The lowest BCUT2D eigenvalue weighted by molar-refractivity contribution is -0.137. The number of piperazine rings is 1. The second-order valence-corrected chi connectivity index (χ2v) is 6.62. The summed E-state index contributed by atoms with van der Waals surface area (Å²) in [5, 5.41) is 10.4. The molecular weight excluding hydrogens is 357 g/mol. The summed E-state index contributed by atoms with van der Waals surface area (Å²) in [5.41, 5.74) is 0.890. The summed E-state index contributed by atoms with van der Waals surface area (Å²) in [6, 6.07) is 12.6. The van der Waals surface area contributed by atoms with Crippen molar-refractivity contribution in [3.8, 4) is 5.75 Å². The van der Waals surface area contributed by atoms with E-state index in [9.17, 15) is 18.3 Å². The molecule has 0 amide bonds. The topological polar surface area (TPSA) is 35.9 Å². The average Bonchev–Trinajstić information content (AvgIpc) is 2.68. The van der Waals surface area contributed by atoms with Gasteiger partial charge in [0, 0.05) is 44.5 Å². The minimum absolute atomic E-state index is 0.400. The van der Waals surface area contributed by atoms with E-state index in [0.29, 0.717) is 12.1 Å². The van der Waals surface area contributed by atoms with Crippen molar-refractivity contribution in [2.45, 2.75) is 12.3 Å². The third-order valence-corrected chi connectivity index (χ3v) is 4.84. The van der Waals surface area contributed by atoms with Gasteiger partial charge >= 0.3 is 6.18 Å². The van der Waals surface area contributed by atoms with Crippen LogP contribution in [0, 0.1) is 0 Å². The molecule has 1 saturated heterocycles. The SMILES string of the molecule is COc1cccc(N2CCN(C[C@@H](O)c3ccc(C(F)(F)F)cc3)CC2)c1. The molecule has 4 nitrogen and oxygen atoms in total. The molecule has 2 aromatic rings. The van der Waals surface area contributed by atoms with Crippen LogP contribution in [0.25, 0.3) is 0 Å². The number of anilines is 1. The van der Waals surface area contributed by atoms with Crippen molar-refractivity contribution in [2.24, 2.45) is 0 Å². The fourth-order valence-corrected chi connectivity index (χ4v) is 3.24. The van der Waals surface area contributed by atoms with Gasteiger partial charge < -0.3 is 14.7 Å². The number of alkyl halides is 3. The van der Waals surface area contributed by atoms with Crippen molar-refractivity contribution in [1.82, 2.24) is 4.90 Å². The Morgan fingerprint density at radius 3 is 2.30 bits per heavy atom. The molecule has 7 heteroatoms. The first kappa shape index (κ1) is 19.5. The maximum atomic E-state index is 12.6. The zero-order valence-electron chi connectivity index (χ0n) is 15.1. The van der Waals surface area contributed by atoms with Crippen molar-refractivity contribution < 1.29 is 23.0 Å². The van der Waals surface area contributed by atoms with Gasteiger partial charge in [-0.2, -0.15) is 13.2 Å². The van der Waals surface area contributed by atoms with Crippen LogP contribution < -0.4 is 9.64 Å². The number of rotatable bonds is 5. The van der Waals surface area contributed by atoms with E-state index < -0.39 is 17.8 Å². The Balaban J connectivity index is 1.54. The second-order valence-electron chi connectivity index (χ2n) is 6.62. The molecule has 0 unspecified atom stereocenters. The third kappa shape index (κ3) is 4.93. The molecule has 0 saturated carbocycles. The Hall–Kier alpha value is -2.25. The van der Waals surface area contributed by atoms with Gasteiger partial charge in [-0.05, 0) is 29.8 Å². The van der Waals surface area contributed by atoms with Gasteiger partial charge in [0.15, 0.2) is 0 Å². The van der Waals surface area contributed by atoms with E-state index in [1.807, 2.05) is 24.3 Å². The van der Waals surface area contributed by atoms with Gasteiger partial charge in [0.2, 0.25) is 0 Å². The Morgan fingerprint density at radius 1 is 1.04 bits per heavy atom. The van der Waals surface area contributed by atoms with Crippen LogP contribution in [0.1, 0.15) is 17.2 Å². The lowest BCUT2D eigenvalue weighted by Gasteiger charge is -2.37. The molecule has 3 rings (SSSR count).